The van der Waals surface area contributed by atoms with Crippen molar-refractivity contribution in [3.8, 4) is 22.5 Å². The Morgan fingerprint density at radius 2 is 1.77 bits per heavy atom. The van der Waals surface area contributed by atoms with Crippen molar-refractivity contribution >= 4 is 16.9 Å². The van der Waals surface area contributed by atoms with Crippen LogP contribution in [0.4, 0.5) is 0 Å². The monoisotopic (exact) mass is 433 g/mol. The van der Waals surface area contributed by atoms with Crippen molar-refractivity contribution in [1.82, 2.24) is 19.3 Å². The second-order valence-corrected chi connectivity index (χ2v) is 8.71. The number of imidazole rings is 1. The summed E-state index contributed by atoms with van der Waals surface area (Å²) < 4.78 is 24.3. The number of nitrogens with one attached hydrogen (secondary N) is 1. The Kier molecular flexibility index (Phi) is 5.15. The molecule has 4 N–H and O–H groups in total. The van der Waals surface area contributed by atoms with Crippen LogP contribution in [0.15, 0.2) is 66.7 Å². The minimum atomic E-state index is -2.10. The summed E-state index contributed by atoms with van der Waals surface area (Å²) >= 11 is -2.10. The molecule has 0 amide bonds. The number of aromatic nitrogens is 3. The molecular formula is C23H23N5O2S. The first-order chi connectivity index (χ1) is 15.0. The Morgan fingerprint density at radius 3 is 2.42 bits per heavy atom. The van der Waals surface area contributed by atoms with Gasteiger partial charge in [-0.1, -0.05) is 54.6 Å². The van der Waals surface area contributed by atoms with E-state index < -0.39 is 11.3 Å². The molecule has 4 aromatic rings. The zero-order chi connectivity index (χ0) is 21.4. The fraction of sp³-hybridized carbons (Fsp3) is 0.217. The average molecular weight is 434 g/mol. The molecule has 158 valence electrons. The standard InChI is InChI=1S/C23H23N5O2S/c24-23(13-4-14-23)18-9-7-16(8-10-18)21-22(17-5-2-1-3-6-17)28-20(26-21)12-11-19(27-28)15-25-31(29)30/h1-3,5-12,25H,4,13-15,24H2,(H,29,30). The number of hydrogen-bond donors (Lipinski definition) is 3. The largest absolute Gasteiger partial charge is 0.321 e. The van der Waals surface area contributed by atoms with Crippen LogP contribution in [-0.2, 0) is 23.4 Å². The van der Waals surface area contributed by atoms with Crippen LogP contribution in [0.25, 0.3) is 28.2 Å². The van der Waals surface area contributed by atoms with Crippen molar-refractivity contribution in [3.63, 3.8) is 0 Å². The topological polar surface area (TPSA) is 106 Å². The maximum atomic E-state index is 11.0. The van der Waals surface area contributed by atoms with E-state index in [9.17, 15) is 4.21 Å². The number of benzene rings is 2. The third kappa shape index (κ3) is 3.79. The predicted octanol–water partition coefficient (Wildman–Crippen LogP) is 3.63. The molecule has 8 heteroatoms. The third-order valence-electron chi connectivity index (χ3n) is 5.94. The zero-order valence-electron chi connectivity index (χ0n) is 16.9. The molecule has 1 atom stereocenters. The summed E-state index contributed by atoms with van der Waals surface area (Å²) in [5.74, 6) is 0. The Bertz CT molecular complexity index is 1250. The second kappa shape index (κ2) is 7.97. The van der Waals surface area contributed by atoms with Crippen molar-refractivity contribution < 1.29 is 8.76 Å². The van der Waals surface area contributed by atoms with Crippen LogP contribution in [0.5, 0.6) is 0 Å². The van der Waals surface area contributed by atoms with Gasteiger partial charge in [0.05, 0.1) is 17.9 Å². The number of nitrogens with two attached hydrogens (primary N) is 1. The van der Waals surface area contributed by atoms with Crippen LogP contribution in [0, 0.1) is 0 Å². The van der Waals surface area contributed by atoms with Crippen LogP contribution in [-0.4, -0.2) is 23.4 Å². The van der Waals surface area contributed by atoms with Gasteiger partial charge in [0.2, 0.25) is 11.3 Å². The van der Waals surface area contributed by atoms with Crippen LogP contribution < -0.4 is 10.5 Å². The molecule has 0 spiro atoms. The number of fused-ring (bicyclic) bond motifs is 1. The first kappa shape index (κ1) is 20.0. The van der Waals surface area contributed by atoms with E-state index >= 15 is 0 Å². The average Bonchev–Trinajstić information content (AvgIpc) is 3.15. The smallest absolute Gasteiger partial charge is 0.232 e. The first-order valence-corrected chi connectivity index (χ1v) is 11.3. The summed E-state index contributed by atoms with van der Waals surface area (Å²) in [5.41, 5.74) is 12.5. The van der Waals surface area contributed by atoms with Crippen molar-refractivity contribution in [2.45, 2.75) is 31.3 Å². The van der Waals surface area contributed by atoms with E-state index in [1.54, 1.807) is 10.6 Å². The van der Waals surface area contributed by atoms with Gasteiger partial charge in [0.25, 0.3) is 0 Å². The Morgan fingerprint density at radius 1 is 1.03 bits per heavy atom. The molecule has 2 aromatic carbocycles. The molecule has 31 heavy (non-hydrogen) atoms. The van der Waals surface area contributed by atoms with Crippen molar-refractivity contribution in [1.29, 1.82) is 0 Å². The van der Waals surface area contributed by atoms with Gasteiger partial charge in [-0.2, -0.15) is 5.10 Å². The van der Waals surface area contributed by atoms with E-state index in [4.69, 9.17) is 15.3 Å². The van der Waals surface area contributed by atoms with Gasteiger partial charge in [-0.15, -0.1) is 0 Å². The summed E-state index contributed by atoms with van der Waals surface area (Å²) in [4.78, 5) is 4.86. The Labute approximate surface area is 182 Å². The molecular weight excluding hydrogens is 410 g/mol. The van der Waals surface area contributed by atoms with E-state index in [-0.39, 0.29) is 12.1 Å². The van der Waals surface area contributed by atoms with E-state index in [1.165, 1.54) is 6.42 Å². The Balaban J connectivity index is 1.62. The van der Waals surface area contributed by atoms with Crippen molar-refractivity contribution in [2.24, 2.45) is 5.73 Å². The third-order valence-corrected chi connectivity index (χ3v) is 6.33. The summed E-state index contributed by atoms with van der Waals surface area (Å²) in [5, 5.41) is 4.67. The molecule has 7 nitrogen and oxygen atoms in total. The molecule has 1 fully saturated rings. The van der Waals surface area contributed by atoms with Gasteiger partial charge in [-0.05, 0) is 37.0 Å². The maximum Gasteiger partial charge on any atom is 0.232 e. The van der Waals surface area contributed by atoms with E-state index in [1.807, 2.05) is 36.4 Å². The van der Waals surface area contributed by atoms with Gasteiger partial charge in [-0.25, -0.2) is 18.4 Å². The molecule has 2 heterocycles. The van der Waals surface area contributed by atoms with Crippen molar-refractivity contribution in [3.05, 3.63) is 78.0 Å². The molecule has 1 aliphatic carbocycles. The fourth-order valence-electron chi connectivity index (χ4n) is 4.06. The highest BCUT2D eigenvalue weighted by Gasteiger charge is 2.34. The number of nitrogens with zero attached hydrogens (tertiary/aromatic N) is 3. The molecule has 5 rings (SSSR count). The Hall–Kier alpha value is -2.91. The summed E-state index contributed by atoms with van der Waals surface area (Å²) in [6.07, 6.45) is 3.22. The quantitative estimate of drug-likeness (QED) is 0.403. The molecule has 1 unspecified atom stereocenters. The lowest BCUT2D eigenvalue weighted by molar-refractivity contribution is 0.253. The highest BCUT2D eigenvalue weighted by atomic mass is 32.2. The van der Waals surface area contributed by atoms with E-state index in [0.717, 1.165) is 40.9 Å². The lowest BCUT2D eigenvalue weighted by atomic mass is 9.72. The second-order valence-electron chi connectivity index (χ2n) is 7.93. The lowest BCUT2D eigenvalue weighted by Gasteiger charge is -2.38. The molecule has 0 radical (unpaired) electrons. The molecule has 1 saturated carbocycles. The highest BCUT2D eigenvalue weighted by Crippen LogP contribution is 2.40. The molecule has 0 saturated heterocycles. The van der Waals surface area contributed by atoms with Gasteiger partial charge in [0.15, 0.2) is 5.65 Å². The normalized spacial score (nSPS) is 16.2. The summed E-state index contributed by atoms with van der Waals surface area (Å²) in [6.45, 7) is 0.175. The zero-order valence-corrected chi connectivity index (χ0v) is 17.7. The first-order valence-electron chi connectivity index (χ1n) is 10.2. The molecule has 1 aliphatic rings. The van der Waals surface area contributed by atoms with Gasteiger partial charge < -0.3 is 5.73 Å². The lowest BCUT2D eigenvalue weighted by Crippen LogP contribution is -2.43. The predicted molar refractivity (Wildman–Crippen MR) is 121 cm³/mol. The minimum Gasteiger partial charge on any atom is -0.321 e. The maximum absolute atomic E-state index is 11.0. The van der Waals surface area contributed by atoms with Gasteiger partial charge in [-0.3, -0.25) is 4.55 Å². The van der Waals surface area contributed by atoms with Crippen LogP contribution in [0.3, 0.4) is 0 Å². The number of hydrogen-bond acceptors (Lipinski definition) is 4. The molecule has 0 bridgehead atoms. The van der Waals surface area contributed by atoms with Crippen LogP contribution in [0.2, 0.25) is 0 Å². The summed E-state index contributed by atoms with van der Waals surface area (Å²) in [7, 11) is 0. The summed E-state index contributed by atoms with van der Waals surface area (Å²) in [6, 6.07) is 22.0. The van der Waals surface area contributed by atoms with Crippen LogP contribution >= 0.6 is 0 Å². The minimum absolute atomic E-state index is 0.175. The van der Waals surface area contributed by atoms with Gasteiger partial charge >= 0.3 is 0 Å². The van der Waals surface area contributed by atoms with Gasteiger partial charge in [0.1, 0.15) is 5.69 Å². The highest BCUT2D eigenvalue weighted by molar-refractivity contribution is 7.77. The molecule has 2 aromatic heterocycles. The SMILES string of the molecule is NC1(c2ccc(-c3nc4ccc(CNS(=O)O)nn4c3-c3ccccc3)cc2)CCC1. The fourth-order valence-corrected chi connectivity index (χ4v) is 4.34. The number of rotatable bonds is 6. The molecule has 0 aliphatic heterocycles. The van der Waals surface area contributed by atoms with Crippen LogP contribution in [0.1, 0.15) is 30.5 Å². The van der Waals surface area contributed by atoms with Gasteiger partial charge in [0, 0.05) is 16.7 Å². The van der Waals surface area contributed by atoms with Crippen molar-refractivity contribution in [2.75, 3.05) is 0 Å². The van der Waals surface area contributed by atoms with E-state index in [0.29, 0.717) is 11.3 Å². The van der Waals surface area contributed by atoms with E-state index in [2.05, 4.69) is 34.1 Å².